The van der Waals surface area contributed by atoms with Gasteiger partial charge in [0.2, 0.25) is 5.91 Å². The molecule has 0 aliphatic heterocycles. The van der Waals surface area contributed by atoms with Crippen molar-refractivity contribution in [3.05, 3.63) is 95.6 Å². The first-order chi connectivity index (χ1) is 15.4. The number of thioether (sulfide) groups is 1. The largest absolute Gasteiger partial charge is 0.354 e. The second-order valence-electron chi connectivity index (χ2n) is 7.56. The minimum absolute atomic E-state index is 0.158. The molecule has 3 rings (SSSR count). The Morgan fingerprint density at radius 3 is 2.12 bits per heavy atom. The van der Waals surface area contributed by atoms with Crippen molar-refractivity contribution in [2.45, 2.75) is 24.5 Å². The smallest absolute Gasteiger partial charge is 0.264 e. The van der Waals surface area contributed by atoms with E-state index in [1.807, 2.05) is 38.1 Å². The predicted octanol–water partition coefficient (Wildman–Crippen LogP) is 4.55. The number of anilines is 1. The summed E-state index contributed by atoms with van der Waals surface area (Å²) in [6, 6.07) is 23.9. The zero-order chi connectivity index (χ0) is 23.0. The number of rotatable bonds is 10. The molecule has 0 heterocycles. The number of hydrogen-bond donors (Lipinski definition) is 1. The molecule has 32 heavy (non-hydrogen) atoms. The van der Waals surface area contributed by atoms with Crippen LogP contribution in [0.4, 0.5) is 5.69 Å². The second-order valence-corrected chi connectivity index (χ2v) is 10.5. The summed E-state index contributed by atoms with van der Waals surface area (Å²) in [4.78, 5) is 12.8. The monoisotopic (exact) mass is 468 g/mol. The fraction of sp³-hybridized carbons (Fsp3) is 0.240. The molecule has 0 unspecified atom stereocenters. The third-order valence-corrected chi connectivity index (χ3v) is 7.61. The lowest BCUT2D eigenvalue weighted by Crippen LogP contribution is -2.41. The second kappa shape index (κ2) is 11.2. The maximum absolute atomic E-state index is 13.4. The molecule has 168 valence electrons. The first-order valence-electron chi connectivity index (χ1n) is 10.4. The van der Waals surface area contributed by atoms with E-state index in [2.05, 4.69) is 17.4 Å². The maximum atomic E-state index is 13.4. The summed E-state index contributed by atoms with van der Waals surface area (Å²) in [6.07, 6.45) is 0. The van der Waals surface area contributed by atoms with Gasteiger partial charge >= 0.3 is 0 Å². The number of amides is 1. The van der Waals surface area contributed by atoms with Crippen molar-refractivity contribution in [2.24, 2.45) is 0 Å². The van der Waals surface area contributed by atoms with E-state index >= 15 is 0 Å². The number of carbonyl (C=O) groups excluding carboxylic acids is 1. The normalized spacial score (nSPS) is 11.2. The third-order valence-electron chi connectivity index (χ3n) is 4.79. The van der Waals surface area contributed by atoms with Crippen LogP contribution in [-0.2, 0) is 20.6 Å². The van der Waals surface area contributed by atoms with Crippen LogP contribution in [0.2, 0.25) is 0 Å². The topological polar surface area (TPSA) is 66.5 Å². The van der Waals surface area contributed by atoms with Gasteiger partial charge < -0.3 is 5.32 Å². The van der Waals surface area contributed by atoms with E-state index in [9.17, 15) is 13.2 Å². The quantitative estimate of drug-likeness (QED) is 0.444. The van der Waals surface area contributed by atoms with Crippen molar-refractivity contribution < 1.29 is 13.2 Å². The van der Waals surface area contributed by atoms with E-state index in [-0.39, 0.29) is 17.3 Å². The molecule has 1 amide bonds. The van der Waals surface area contributed by atoms with Gasteiger partial charge in [-0.15, -0.1) is 0 Å². The van der Waals surface area contributed by atoms with Crippen LogP contribution in [0, 0.1) is 13.8 Å². The van der Waals surface area contributed by atoms with Gasteiger partial charge in [0.1, 0.15) is 6.54 Å². The van der Waals surface area contributed by atoms with Gasteiger partial charge in [0, 0.05) is 18.1 Å². The van der Waals surface area contributed by atoms with Crippen LogP contribution in [0.3, 0.4) is 0 Å². The summed E-state index contributed by atoms with van der Waals surface area (Å²) in [7, 11) is -3.89. The lowest BCUT2D eigenvalue weighted by molar-refractivity contribution is -0.119. The summed E-state index contributed by atoms with van der Waals surface area (Å²) in [5.74, 6) is 1.28. The van der Waals surface area contributed by atoms with Gasteiger partial charge in [-0.2, -0.15) is 11.8 Å². The molecule has 5 nitrogen and oxygen atoms in total. The Bertz CT molecular complexity index is 1110. The Kier molecular flexibility index (Phi) is 8.36. The molecule has 1 N–H and O–H groups in total. The average molecular weight is 469 g/mol. The van der Waals surface area contributed by atoms with Crippen molar-refractivity contribution in [3.63, 3.8) is 0 Å². The standard InChI is InChI=1S/C25H28N2O3S2/c1-20-15-21(2)17-23(16-20)27(32(29,30)24-11-7-4-8-12-24)18-25(28)26-13-14-31-19-22-9-5-3-6-10-22/h3-12,15-17H,13-14,18-19H2,1-2H3,(H,26,28). The van der Waals surface area contributed by atoms with E-state index in [0.29, 0.717) is 12.2 Å². The number of benzene rings is 3. The van der Waals surface area contributed by atoms with E-state index in [0.717, 1.165) is 22.6 Å². The van der Waals surface area contributed by atoms with Crippen LogP contribution in [-0.4, -0.2) is 33.2 Å². The fourth-order valence-corrected chi connectivity index (χ4v) is 5.59. The minimum Gasteiger partial charge on any atom is -0.354 e. The number of nitrogens with zero attached hydrogens (tertiary/aromatic N) is 1. The van der Waals surface area contributed by atoms with Gasteiger partial charge in [-0.05, 0) is 54.8 Å². The first-order valence-corrected chi connectivity index (χ1v) is 13.0. The van der Waals surface area contributed by atoms with Gasteiger partial charge in [-0.25, -0.2) is 8.42 Å². The van der Waals surface area contributed by atoms with Crippen molar-refractivity contribution in [1.29, 1.82) is 0 Å². The van der Waals surface area contributed by atoms with Gasteiger partial charge in [-0.3, -0.25) is 9.10 Å². The van der Waals surface area contributed by atoms with Crippen molar-refractivity contribution in [3.8, 4) is 0 Å². The number of hydrogen-bond acceptors (Lipinski definition) is 4. The summed E-state index contributed by atoms with van der Waals surface area (Å²) in [5.41, 5.74) is 3.59. The van der Waals surface area contributed by atoms with Crippen LogP contribution in [0.1, 0.15) is 16.7 Å². The highest BCUT2D eigenvalue weighted by molar-refractivity contribution is 7.98. The minimum atomic E-state index is -3.89. The summed E-state index contributed by atoms with van der Waals surface area (Å²) < 4.78 is 27.9. The SMILES string of the molecule is Cc1cc(C)cc(N(CC(=O)NCCSCc2ccccc2)S(=O)(=O)c2ccccc2)c1. The molecule has 0 spiro atoms. The van der Waals surface area contributed by atoms with Crippen LogP contribution >= 0.6 is 11.8 Å². The highest BCUT2D eigenvalue weighted by Gasteiger charge is 2.27. The molecule has 0 fully saturated rings. The van der Waals surface area contributed by atoms with Crippen molar-refractivity contribution >= 4 is 33.4 Å². The Balaban J connectivity index is 1.68. The maximum Gasteiger partial charge on any atom is 0.264 e. The van der Waals surface area contributed by atoms with Gasteiger partial charge in [-0.1, -0.05) is 54.6 Å². The third kappa shape index (κ3) is 6.61. The van der Waals surface area contributed by atoms with Crippen molar-refractivity contribution in [1.82, 2.24) is 5.32 Å². The molecule has 0 radical (unpaired) electrons. The molecule has 0 atom stereocenters. The molecule has 0 aromatic heterocycles. The van der Waals surface area contributed by atoms with E-state index in [1.54, 1.807) is 54.2 Å². The Labute approximate surface area is 194 Å². The molecular formula is C25H28N2O3S2. The van der Waals surface area contributed by atoms with Crippen LogP contribution < -0.4 is 9.62 Å². The van der Waals surface area contributed by atoms with Gasteiger partial charge in [0.25, 0.3) is 10.0 Å². The molecule has 3 aromatic rings. The van der Waals surface area contributed by atoms with Crippen LogP contribution in [0.15, 0.2) is 83.8 Å². The number of sulfonamides is 1. The van der Waals surface area contributed by atoms with Crippen LogP contribution in [0.5, 0.6) is 0 Å². The Hall–Kier alpha value is -2.77. The molecule has 0 bridgehead atoms. The zero-order valence-electron chi connectivity index (χ0n) is 18.3. The number of aryl methyl sites for hydroxylation is 2. The van der Waals surface area contributed by atoms with E-state index < -0.39 is 10.0 Å². The molecule has 0 aliphatic carbocycles. The highest BCUT2D eigenvalue weighted by Crippen LogP contribution is 2.25. The molecule has 3 aromatic carbocycles. The van der Waals surface area contributed by atoms with Gasteiger partial charge in [0.15, 0.2) is 0 Å². The molecule has 0 saturated carbocycles. The number of carbonyl (C=O) groups is 1. The molecule has 0 saturated heterocycles. The lowest BCUT2D eigenvalue weighted by atomic mass is 10.1. The summed E-state index contributed by atoms with van der Waals surface area (Å²) in [6.45, 7) is 4.02. The summed E-state index contributed by atoms with van der Waals surface area (Å²) in [5, 5.41) is 2.86. The fourth-order valence-electron chi connectivity index (χ4n) is 3.34. The molecule has 0 aliphatic rings. The Morgan fingerprint density at radius 2 is 1.50 bits per heavy atom. The highest BCUT2D eigenvalue weighted by atomic mass is 32.2. The lowest BCUT2D eigenvalue weighted by Gasteiger charge is -2.25. The van der Waals surface area contributed by atoms with Crippen molar-refractivity contribution in [2.75, 3.05) is 23.1 Å². The molecule has 7 heteroatoms. The zero-order valence-corrected chi connectivity index (χ0v) is 20.0. The molecular weight excluding hydrogens is 440 g/mol. The average Bonchev–Trinajstić information content (AvgIpc) is 2.78. The summed E-state index contributed by atoms with van der Waals surface area (Å²) >= 11 is 1.72. The first kappa shape index (κ1) is 23.9. The predicted molar refractivity (Wildman–Crippen MR) is 133 cm³/mol. The Morgan fingerprint density at radius 1 is 0.906 bits per heavy atom. The van der Waals surface area contributed by atoms with Gasteiger partial charge in [0.05, 0.1) is 10.6 Å². The van der Waals surface area contributed by atoms with E-state index in [1.165, 1.54) is 9.87 Å². The van der Waals surface area contributed by atoms with E-state index in [4.69, 9.17) is 0 Å². The van der Waals surface area contributed by atoms with Crippen LogP contribution in [0.25, 0.3) is 0 Å². The number of nitrogens with one attached hydrogen (secondary N) is 1.